The summed E-state index contributed by atoms with van der Waals surface area (Å²) in [5, 5.41) is 4.93. The number of benzene rings is 2. The van der Waals surface area contributed by atoms with Gasteiger partial charge in [0, 0.05) is 20.7 Å². The van der Waals surface area contributed by atoms with Crippen LogP contribution in [0, 0.1) is 6.92 Å². The van der Waals surface area contributed by atoms with E-state index >= 15 is 0 Å². The summed E-state index contributed by atoms with van der Waals surface area (Å²) in [6.45, 7) is 10.1. The summed E-state index contributed by atoms with van der Waals surface area (Å²) < 4.78 is 1.05. The predicted molar refractivity (Wildman–Crippen MR) is 101 cm³/mol. The number of thioether (sulfide) groups is 1. The van der Waals surface area contributed by atoms with Crippen molar-refractivity contribution >= 4 is 44.5 Å². The average Bonchev–Trinajstić information content (AvgIpc) is 3.02. The number of thiophene rings is 1. The van der Waals surface area contributed by atoms with Gasteiger partial charge in [-0.2, -0.15) is 0 Å². The number of carbonyl (C=O) groups is 1. The summed E-state index contributed by atoms with van der Waals surface area (Å²) >= 11 is 3.13. The zero-order valence-corrected chi connectivity index (χ0v) is 14.3. The number of fused-ring (bicyclic) bond motifs is 4. The summed E-state index contributed by atoms with van der Waals surface area (Å²) in [6, 6.07) is 10.2. The Morgan fingerprint density at radius 3 is 2.61 bits per heavy atom. The highest BCUT2D eigenvalue weighted by atomic mass is 32.2. The summed E-state index contributed by atoms with van der Waals surface area (Å²) in [7, 11) is 0. The third-order valence-corrected chi connectivity index (χ3v) is 6.16. The van der Waals surface area contributed by atoms with Crippen LogP contribution in [0.4, 0.5) is 0 Å². The maximum atomic E-state index is 13.3. The molecule has 0 atom stereocenters. The van der Waals surface area contributed by atoms with Gasteiger partial charge >= 0.3 is 0 Å². The molecule has 0 saturated heterocycles. The quantitative estimate of drug-likeness (QED) is 0.415. The fourth-order valence-corrected chi connectivity index (χ4v) is 4.86. The van der Waals surface area contributed by atoms with Gasteiger partial charge in [0.15, 0.2) is 5.78 Å². The second kappa shape index (κ2) is 5.22. The average molecular weight is 334 g/mol. The normalized spacial score (nSPS) is 13.1. The lowest BCUT2D eigenvalue weighted by Crippen LogP contribution is -2.16. The first kappa shape index (κ1) is 14.5. The molecule has 0 radical (unpaired) electrons. The molecular weight excluding hydrogens is 320 g/mol. The Bertz CT molecular complexity index is 1010. The third kappa shape index (κ3) is 1.97. The highest BCUT2D eigenvalue weighted by Crippen LogP contribution is 2.43. The van der Waals surface area contributed by atoms with Crippen molar-refractivity contribution in [3.8, 4) is 0 Å². The van der Waals surface area contributed by atoms with E-state index in [0.717, 1.165) is 48.4 Å². The summed E-state index contributed by atoms with van der Waals surface area (Å²) in [5.74, 6) is 0.100. The van der Waals surface area contributed by atoms with E-state index in [1.165, 1.54) is 11.8 Å². The Labute approximate surface area is 143 Å². The predicted octanol–water partition coefficient (Wildman–Crippen LogP) is 6.05. The maximum Gasteiger partial charge on any atom is 0.196 e. The van der Waals surface area contributed by atoms with Crippen molar-refractivity contribution in [1.29, 1.82) is 0 Å². The van der Waals surface area contributed by atoms with Gasteiger partial charge in [-0.1, -0.05) is 49.2 Å². The van der Waals surface area contributed by atoms with Gasteiger partial charge in [0.25, 0.3) is 0 Å². The molecule has 0 fully saturated rings. The van der Waals surface area contributed by atoms with Crippen LogP contribution in [0.25, 0.3) is 15.7 Å². The minimum Gasteiger partial charge on any atom is -0.288 e. The standard InChI is InChI=1S/C20H14OS2/c1-4-22-19-11(2)5-7-14-12(3)15-8-6-13-9-10-23-20(13)17(15)18(21)16(14)19/h4-10H,1,3H2,2H3. The molecule has 1 nitrogen and oxygen atoms in total. The van der Waals surface area contributed by atoms with E-state index in [-0.39, 0.29) is 5.78 Å². The number of ketones is 1. The maximum absolute atomic E-state index is 13.3. The van der Waals surface area contributed by atoms with E-state index in [9.17, 15) is 4.79 Å². The van der Waals surface area contributed by atoms with Crippen molar-refractivity contribution in [1.82, 2.24) is 0 Å². The van der Waals surface area contributed by atoms with Crippen LogP contribution in [0.1, 0.15) is 32.6 Å². The van der Waals surface area contributed by atoms with Crippen molar-refractivity contribution in [2.75, 3.05) is 0 Å². The molecule has 0 spiro atoms. The van der Waals surface area contributed by atoms with Gasteiger partial charge in [-0.15, -0.1) is 11.3 Å². The number of rotatable bonds is 2. The van der Waals surface area contributed by atoms with Crippen LogP contribution < -0.4 is 0 Å². The number of hydrogen-bond donors (Lipinski definition) is 0. The molecule has 1 aliphatic rings. The van der Waals surface area contributed by atoms with Gasteiger partial charge in [0.05, 0.1) is 0 Å². The molecule has 23 heavy (non-hydrogen) atoms. The molecule has 2 aromatic carbocycles. The van der Waals surface area contributed by atoms with Crippen LogP contribution in [-0.2, 0) is 0 Å². The molecule has 0 amide bonds. The van der Waals surface area contributed by atoms with Crippen molar-refractivity contribution in [3.63, 3.8) is 0 Å². The molecule has 0 unspecified atom stereocenters. The topological polar surface area (TPSA) is 17.1 Å². The summed E-state index contributed by atoms with van der Waals surface area (Å²) in [4.78, 5) is 14.3. The Balaban J connectivity index is 2.09. The zero-order valence-electron chi connectivity index (χ0n) is 12.7. The van der Waals surface area contributed by atoms with Gasteiger partial charge in [-0.05, 0) is 51.4 Å². The minimum absolute atomic E-state index is 0.100. The monoisotopic (exact) mass is 334 g/mol. The number of hydrogen-bond acceptors (Lipinski definition) is 3. The van der Waals surface area contributed by atoms with E-state index in [2.05, 4.69) is 31.4 Å². The lowest BCUT2D eigenvalue weighted by molar-refractivity contribution is 0.103. The summed E-state index contributed by atoms with van der Waals surface area (Å²) in [5.41, 5.74) is 5.48. The zero-order chi connectivity index (χ0) is 16.1. The SMILES string of the molecule is C=CSc1c(C)ccc2c1C(=O)c1c(ccc3ccsc13)C2=C. The van der Waals surface area contributed by atoms with Gasteiger partial charge in [-0.3, -0.25) is 4.79 Å². The Hall–Kier alpha value is -2.10. The van der Waals surface area contributed by atoms with Gasteiger partial charge in [-0.25, -0.2) is 0 Å². The van der Waals surface area contributed by atoms with Crippen molar-refractivity contribution < 1.29 is 4.79 Å². The lowest BCUT2D eigenvalue weighted by atomic mass is 9.81. The first-order valence-electron chi connectivity index (χ1n) is 7.29. The van der Waals surface area contributed by atoms with E-state index in [1.807, 2.05) is 24.4 Å². The molecule has 3 heteroatoms. The minimum atomic E-state index is 0.100. The highest BCUT2D eigenvalue weighted by molar-refractivity contribution is 8.02. The highest BCUT2D eigenvalue weighted by Gasteiger charge is 2.30. The molecule has 3 aromatic rings. The first-order valence-corrected chi connectivity index (χ1v) is 9.05. The van der Waals surface area contributed by atoms with Crippen molar-refractivity contribution in [3.05, 3.63) is 82.1 Å². The molecule has 4 rings (SSSR count). The Kier molecular flexibility index (Phi) is 3.29. The van der Waals surface area contributed by atoms with Crippen LogP contribution in [0.2, 0.25) is 0 Å². The molecule has 112 valence electrons. The Morgan fingerprint density at radius 1 is 1.09 bits per heavy atom. The van der Waals surface area contributed by atoms with E-state index in [1.54, 1.807) is 16.7 Å². The van der Waals surface area contributed by atoms with Crippen molar-refractivity contribution in [2.45, 2.75) is 11.8 Å². The van der Waals surface area contributed by atoms with E-state index in [0.29, 0.717) is 0 Å². The first-order chi connectivity index (χ1) is 11.1. The number of carbonyl (C=O) groups excluding carboxylic acids is 1. The molecular formula is C20H14OS2. The van der Waals surface area contributed by atoms with Crippen LogP contribution in [-0.4, -0.2) is 5.78 Å². The summed E-state index contributed by atoms with van der Waals surface area (Å²) in [6.07, 6.45) is 0. The molecule has 1 aromatic heterocycles. The Morgan fingerprint density at radius 2 is 1.83 bits per heavy atom. The van der Waals surface area contributed by atoms with Crippen LogP contribution >= 0.6 is 23.1 Å². The molecule has 1 heterocycles. The van der Waals surface area contributed by atoms with Crippen LogP contribution in [0.5, 0.6) is 0 Å². The largest absolute Gasteiger partial charge is 0.288 e. The lowest BCUT2D eigenvalue weighted by Gasteiger charge is -2.24. The van der Waals surface area contributed by atoms with Gasteiger partial charge < -0.3 is 0 Å². The molecule has 0 N–H and O–H groups in total. The molecule has 0 aliphatic heterocycles. The number of aryl methyl sites for hydroxylation is 1. The molecule has 0 bridgehead atoms. The van der Waals surface area contributed by atoms with Gasteiger partial charge in [0.1, 0.15) is 0 Å². The van der Waals surface area contributed by atoms with Gasteiger partial charge in [0.2, 0.25) is 0 Å². The van der Waals surface area contributed by atoms with Crippen molar-refractivity contribution in [2.24, 2.45) is 0 Å². The second-order valence-electron chi connectivity index (χ2n) is 5.55. The van der Waals surface area contributed by atoms with E-state index in [4.69, 9.17) is 0 Å². The fourth-order valence-electron chi connectivity index (χ4n) is 3.18. The van der Waals surface area contributed by atoms with Crippen LogP contribution in [0.15, 0.2) is 59.2 Å². The van der Waals surface area contributed by atoms with E-state index < -0.39 is 0 Å². The molecule has 1 aliphatic carbocycles. The smallest absolute Gasteiger partial charge is 0.196 e. The fraction of sp³-hybridized carbons (Fsp3) is 0.0500. The van der Waals surface area contributed by atoms with Crippen LogP contribution in [0.3, 0.4) is 0 Å². The third-order valence-electron chi connectivity index (χ3n) is 4.28. The molecule has 0 saturated carbocycles. The second-order valence-corrected chi connectivity index (χ2v) is 7.45.